The van der Waals surface area contributed by atoms with Crippen LogP contribution in [0.25, 0.3) is 10.2 Å². The van der Waals surface area contributed by atoms with E-state index in [2.05, 4.69) is 38.2 Å². The van der Waals surface area contributed by atoms with Crippen LogP contribution in [0.3, 0.4) is 0 Å². The van der Waals surface area contributed by atoms with E-state index in [0.29, 0.717) is 24.0 Å². The maximum Gasteiger partial charge on any atom is 0.232 e. The summed E-state index contributed by atoms with van der Waals surface area (Å²) in [7, 11) is 1.99. The van der Waals surface area contributed by atoms with Crippen molar-refractivity contribution < 1.29 is 4.39 Å². The Balaban J connectivity index is 1.50. The number of rotatable bonds is 6. The van der Waals surface area contributed by atoms with Gasteiger partial charge in [0.05, 0.1) is 22.8 Å². The van der Waals surface area contributed by atoms with Crippen molar-refractivity contribution in [1.29, 1.82) is 0 Å². The van der Waals surface area contributed by atoms with Gasteiger partial charge in [-0.25, -0.2) is 9.37 Å². The number of aromatic nitrogens is 4. The number of halogens is 1. The third kappa shape index (κ3) is 4.47. The predicted molar refractivity (Wildman–Crippen MR) is 113 cm³/mol. The van der Waals surface area contributed by atoms with Gasteiger partial charge in [0.25, 0.3) is 0 Å². The van der Waals surface area contributed by atoms with E-state index >= 15 is 0 Å². The fraction of sp³-hybridized carbons (Fsp3) is 0.200. The zero-order valence-electron chi connectivity index (χ0n) is 16.0. The minimum Gasteiger partial charge on any atom is -0.368 e. The highest BCUT2D eigenvalue weighted by molar-refractivity contribution is 7.18. The van der Waals surface area contributed by atoms with Gasteiger partial charge in [0.15, 0.2) is 0 Å². The van der Waals surface area contributed by atoms with Crippen LogP contribution in [0.15, 0.2) is 48.5 Å². The van der Waals surface area contributed by atoms with E-state index < -0.39 is 0 Å². The van der Waals surface area contributed by atoms with Crippen LogP contribution in [0.1, 0.15) is 23.8 Å². The van der Waals surface area contributed by atoms with Crippen LogP contribution in [0, 0.1) is 5.82 Å². The summed E-state index contributed by atoms with van der Waals surface area (Å²) >= 11 is 1.68. The molecule has 1 unspecified atom stereocenters. The van der Waals surface area contributed by atoms with E-state index in [1.165, 1.54) is 12.1 Å². The number of thiazole rings is 1. The molecular formula is C20H20FN7S. The van der Waals surface area contributed by atoms with Gasteiger partial charge in [0, 0.05) is 5.69 Å². The SMILES string of the molecule is CC(c1nc2ccccc2s1)N(C)Cc1nc(N)nc(Nc2ccc(F)cc2)n1. The summed E-state index contributed by atoms with van der Waals surface area (Å²) in [4.78, 5) is 19.6. The summed E-state index contributed by atoms with van der Waals surface area (Å²) in [6.45, 7) is 2.57. The number of anilines is 3. The molecule has 2 aromatic heterocycles. The number of nitrogens with zero attached hydrogens (tertiary/aromatic N) is 5. The fourth-order valence-electron chi connectivity index (χ4n) is 2.84. The first-order chi connectivity index (χ1) is 14.0. The van der Waals surface area contributed by atoms with Crippen molar-refractivity contribution in [2.45, 2.75) is 19.5 Å². The topological polar surface area (TPSA) is 92.9 Å². The number of para-hydroxylation sites is 1. The Kier molecular flexibility index (Phi) is 5.32. The van der Waals surface area contributed by atoms with Crippen LogP contribution < -0.4 is 11.1 Å². The summed E-state index contributed by atoms with van der Waals surface area (Å²) in [5.74, 6) is 0.676. The van der Waals surface area contributed by atoms with Gasteiger partial charge in [-0.05, 0) is 50.4 Å². The quantitative estimate of drug-likeness (QED) is 0.494. The highest BCUT2D eigenvalue weighted by Gasteiger charge is 2.18. The molecule has 9 heteroatoms. The third-order valence-corrected chi connectivity index (χ3v) is 5.73. The number of hydrogen-bond acceptors (Lipinski definition) is 8. The minimum absolute atomic E-state index is 0.0823. The first-order valence-corrected chi connectivity index (χ1v) is 9.88. The van der Waals surface area contributed by atoms with Gasteiger partial charge in [-0.15, -0.1) is 11.3 Å². The summed E-state index contributed by atoms with van der Waals surface area (Å²) in [5, 5.41) is 4.05. The van der Waals surface area contributed by atoms with Crippen LogP contribution in [0.4, 0.5) is 22.0 Å². The first kappa shape index (κ1) is 19.2. The molecule has 0 radical (unpaired) electrons. The zero-order valence-corrected chi connectivity index (χ0v) is 16.8. The number of nitrogens with one attached hydrogen (secondary N) is 1. The average Bonchev–Trinajstić information content (AvgIpc) is 3.13. The van der Waals surface area contributed by atoms with Crippen molar-refractivity contribution in [1.82, 2.24) is 24.8 Å². The second-order valence-electron chi connectivity index (χ2n) is 6.68. The Morgan fingerprint density at radius 3 is 2.59 bits per heavy atom. The summed E-state index contributed by atoms with van der Waals surface area (Å²) in [5.41, 5.74) is 7.53. The normalized spacial score (nSPS) is 12.4. The van der Waals surface area contributed by atoms with Crippen LogP contribution in [0.5, 0.6) is 0 Å². The summed E-state index contributed by atoms with van der Waals surface area (Å²) in [6.07, 6.45) is 0. The second kappa shape index (κ2) is 8.06. The van der Waals surface area contributed by atoms with E-state index in [1.807, 2.05) is 25.2 Å². The van der Waals surface area contributed by atoms with Crippen LogP contribution in [-0.4, -0.2) is 31.9 Å². The molecule has 148 valence electrons. The molecule has 2 heterocycles. The van der Waals surface area contributed by atoms with Gasteiger partial charge >= 0.3 is 0 Å². The number of nitrogens with two attached hydrogens (primary N) is 1. The van der Waals surface area contributed by atoms with E-state index in [1.54, 1.807) is 23.5 Å². The summed E-state index contributed by atoms with van der Waals surface area (Å²) < 4.78 is 14.2. The Bertz CT molecular complexity index is 1100. The number of hydrogen-bond donors (Lipinski definition) is 2. The molecule has 0 fully saturated rings. The standard InChI is InChI=1S/C20H20FN7S/c1-12(18-24-15-5-3-4-6-16(15)29-18)28(2)11-17-25-19(22)27-20(26-17)23-14-9-7-13(21)8-10-14/h3-10,12H,11H2,1-2H3,(H3,22,23,25,26,27). The molecule has 7 nitrogen and oxygen atoms in total. The highest BCUT2D eigenvalue weighted by Crippen LogP contribution is 2.29. The molecule has 29 heavy (non-hydrogen) atoms. The lowest BCUT2D eigenvalue weighted by Crippen LogP contribution is -2.23. The molecule has 4 aromatic rings. The summed E-state index contributed by atoms with van der Waals surface area (Å²) in [6, 6.07) is 14.1. The molecular weight excluding hydrogens is 389 g/mol. The molecule has 0 aliphatic rings. The third-order valence-electron chi connectivity index (χ3n) is 4.52. The largest absolute Gasteiger partial charge is 0.368 e. The fourth-order valence-corrected chi connectivity index (χ4v) is 3.93. The van der Waals surface area contributed by atoms with E-state index in [4.69, 9.17) is 10.7 Å². The maximum absolute atomic E-state index is 13.1. The number of nitrogen functional groups attached to an aromatic ring is 1. The smallest absolute Gasteiger partial charge is 0.232 e. The second-order valence-corrected chi connectivity index (χ2v) is 7.74. The van der Waals surface area contributed by atoms with Crippen molar-refractivity contribution in [3.8, 4) is 0 Å². The van der Waals surface area contributed by atoms with Crippen LogP contribution in [0.2, 0.25) is 0 Å². The van der Waals surface area contributed by atoms with E-state index in [-0.39, 0.29) is 17.8 Å². The lowest BCUT2D eigenvalue weighted by molar-refractivity contribution is 0.246. The Morgan fingerprint density at radius 1 is 1.07 bits per heavy atom. The van der Waals surface area contributed by atoms with Crippen LogP contribution >= 0.6 is 11.3 Å². The lowest BCUT2D eigenvalue weighted by atomic mass is 10.3. The van der Waals surface area contributed by atoms with Gasteiger partial charge in [0.2, 0.25) is 11.9 Å². The molecule has 0 amide bonds. The molecule has 0 aliphatic carbocycles. The first-order valence-electron chi connectivity index (χ1n) is 9.06. The van der Waals surface area contributed by atoms with Crippen molar-refractivity contribution >= 4 is 39.1 Å². The molecule has 0 aliphatic heterocycles. The molecule has 1 atom stereocenters. The molecule has 0 bridgehead atoms. The molecule has 0 spiro atoms. The zero-order chi connectivity index (χ0) is 20.4. The monoisotopic (exact) mass is 409 g/mol. The molecule has 4 rings (SSSR count). The number of fused-ring (bicyclic) bond motifs is 1. The van der Waals surface area contributed by atoms with Gasteiger partial charge < -0.3 is 11.1 Å². The highest BCUT2D eigenvalue weighted by atomic mass is 32.1. The molecule has 2 aromatic carbocycles. The van der Waals surface area contributed by atoms with Crippen molar-refractivity contribution in [3.05, 3.63) is 65.2 Å². The van der Waals surface area contributed by atoms with E-state index in [9.17, 15) is 4.39 Å². The van der Waals surface area contributed by atoms with Crippen molar-refractivity contribution in [3.63, 3.8) is 0 Å². The van der Waals surface area contributed by atoms with Crippen LogP contribution in [-0.2, 0) is 6.54 Å². The van der Waals surface area contributed by atoms with Gasteiger partial charge in [0.1, 0.15) is 16.6 Å². The Morgan fingerprint density at radius 2 is 1.83 bits per heavy atom. The lowest BCUT2D eigenvalue weighted by Gasteiger charge is -2.22. The minimum atomic E-state index is -0.308. The van der Waals surface area contributed by atoms with Gasteiger partial charge in [-0.2, -0.15) is 15.0 Å². The Hall–Kier alpha value is -3.17. The van der Waals surface area contributed by atoms with Gasteiger partial charge in [-0.3, -0.25) is 4.90 Å². The Labute approximate surface area is 171 Å². The molecule has 0 saturated heterocycles. The predicted octanol–water partition coefficient (Wildman–Crippen LogP) is 4.14. The number of benzene rings is 2. The average molecular weight is 409 g/mol. The maximum atomic E-state index is 13.1. The molecule has 0 saturated carbocycles. The van der Waals surface area contributed by atoms with Crippen molar-refractivity contribution in [2.24, 2.45) is 0 Å². The van der Waals surface area contributed by atoms with Gasteiger partial charge in [-0.1, -0.05) is 12.1 Å². The van der Waals surface area contributed by atoms with E-state index in [0.717, 1.165) is 15.2 Å². The van der Waals surface area contributed by atoms with Crippen molar-refractivity contribution in [2.75, 3.05) is 18.1 Å². The molecule has 3 N–H and O–H groups in total.